The number of hydrogen-bond donors (Lipinski definition) is 0. The van der Waals surface area contributed by atoms with E-state index in [4.69, 9.17) is 25.9 Å². The van der Waals surface area contributed by atoms with Crippen LogP contribution in [-0.2, 0) is 29.2 Å². The van der Waals surface area contributed by atoms with Crippen LogP contribution in [0.5, 0.6) is 0 Å². The van der Waals surface area contributed by atoms with Crippen LogP contribution in [0, 0.1) is 0 Å². The predicted octanol–water partition coefficient (Wildman–Crippen LogP) is 2.34. The quantitative estimate of drug-likeness (QED) is 0.0556. The molecule has 0 aromatic rings. The van der Waals surface area contributed by atoms with Crippen molar-refractivity contribution in [3.05, 3.63) is 0 Å². The molecule has 0 bridgehead atoms. The van der Waals surface area contributed by atoms with Crippen molar-refractivity contribution in [2.24, 2.45) is 0 Å². The van der Waals surface area contributed by atoms with Crippen LogP contribution in [0.25, 0.3) is 0 Å². The van der Waals surface area contributed by atoms with Gasteiger partial charge >= 0.3 is 69.5 Å². The van der Waals surface area contributed by atoms with E-state index in [0.29, 0.717) is 0 Å². The van der Waals surface area contributed by atoms with E-state index in [2.05, 4.69) is 13.8 Å². The second-order valence-corrected chi connectivity index (χ2v) is 12.3. The molecule has 0 aromatic heterocycles. The van der Waals surface area contributed by atoms with Crippen LogP contribution in [-0.4, -0.2) is 39.2 Å². The fraction of sp³-hybridized carbons (Fsp3) is 1.00. The Morgan fingerprint density at radius 3 is 0.775 bits per heavy atom. The van der Waals surface area contributed by atoms with Gasteiger partial charge in [-0.15, -0.1) is 0 Å². The van der Waals surface area contributed by atoms with Gasteiger partial charge in [0, 0.05) is 10.4 Å². The van der Waals surface area contributed by atoms with Crippen molar-refractivity contribution in [2.75, 3.05) is 13.2 Å². The van der Waals surface area contributed by atoms with Crippen molar-refractivity contribution < 1.29 is 93.4 Å². The van der Waals surface area contributed by atoms with Gasteiger partial charge in [0.15, 0.2) is 0 Å². The van der Waals surface area contributed by atoms with Gasteiger partial charge in [-0.2, -0.15) is 8.42 Å². The van der Waals surface area contributed by atoms with Crippen molar-refractivity contribution in [3.63, 3.8) is 0 Å². The van der Waals surface area contributed by atoms with E-state index in [0.717, 1.165) is 32.1 Å². The average molecular weight is 633 g/mol. The molecule has 0 fully saturated rings. The van der Waals surface area contributed by atoms with Gasteiger partial charge in [0.2, 0.25) is 0 Å². The molecular weight excluding hydrogens is 574 g/mol. The van der Waals surface area contributed by atoms with Gasteiger partial charge in [-0.1, -0.05) is 155 Å². The Balaban J connectivity index is -0.000000843. The van der Waals surface area contributed by atoms with Gasteiger partial charge in [0.1, 0.15) is 0 Å². The van der Waals surface area contributed by atoms with Crippen LogP contribution in [0.4, 0.5) is 0 Å². The van der Waals surface area contributed by atoms with Crippen LogP contribution in [0.1, 0.15) is 168 Å². The molecule has 0 heterocycles. The molecule has 40 heavy (non-hydrogen) atoms. The van der Waals surface area contributed by atoms with Gasteiger partial charge in [-0.05, 0) is 12.8 Å². The third-order valence-corrected chi connectivity index (χ3v) is 7.36. The molecule has 0 aliphatic heterocycles. The topological polar surface area (TPSA) is 133 Å². The zero-order valence-electron chi connectivity index (χ0n) is 26.5. The molecule has 12 heteroatoms. The first kappa shape index (κ1) is 48.6. The Hall–Kier alpha value is 1.74. The minimum absolute atomic E-state index is 0. The third kappa shape index (κ3) is 52.4. The van der Waals surface area contributed by atoms with E-state index >= 15 is 0 Å². The van der Waals surface area contributed by atoms with E-state index in [1.54, 1.807) is 0 Å². The molecule has 8 nitrogen and oxygen atoms in total. The molecule has 0 saturated carbocycles. The molecule has 0 aliphatic rings. The van der Waals surface area contributed by atoms with E-state index < -0.39 is 20.8 Å². The number of unbranched alkanes of at least 4 members (excludes halogenated alkanes) is 22. The fourth-order valence-corrected chi connectivity index (χ4v) is 4.95. The minimum Gasteiger partial charge on any atom is -0.759 e. The first-order valence-electron chi connectivity index (χ1n) is 15.3. The summed E-state index contributed by atoms with van der Waals surface area (Å²) in [5.74, 6) is 0. The Bertz CT molecular complexity index is 670. The zero-order chi connectivity index (χ0) is 28.8. The van der Waals surface area contributed by atoms with Crippen molar-refractivity contribution >= 4 is 20.8 Å². The molecule has 0 aromatic carbocycles. The molecule has 0 unspecified atom stereocenters. The standard InChI is InChI=1S/C28H58O4S.2Na.H2O4S/c1-3-5-7-9-11-13-15-16-17-18-20-22-24-26-28-32-33(29,30)31-27-25-23-21-19-14-12-10-8-6-4-2;;;1-5(2,3)4/h3-28H2,1-2H3;;;(H2,1,2,3,4)/q;2*+1;/p-2. The molecule has 0 rings (SSSR count). The normalized spacial score (nSPS) is 11.3. The predicted molar refractivity (Wildman–Crippen MR) is 153 cm³/mol. The maximum Gasteiger partial charge on any atom is 1.00 e. The molecule has 0 aliphatic carbocycles. The van der Waals surface area contributed by atoms with Crippen molar-refractivity contribution in [3.8, 4) is 0 Å². The van der Waals surface area contributed by atoms with Crippen molar-refractivity contribution in [1.29, 1.82) is 0 Å². The first-order chi connectivity index (χ1) is 18.1. The molecule has 0 atom stereocenters. The summed E-state index contributed by atoms with van der Waals surface area (Å²) in [6, 6.07) is 0. The van der Waals surface area contributed by atoms with Gasteiger partial charge in [0.25, 0.3) is 0 Å². The number of rotatable bonds is 28. The minimum atomic E-state index is -5.17. The van der Waals surface area contributed by atoms with E-state index in [-0.39, 0.29) is 72.3 Å². The maximum absolute atomic E-state index is 11.8. The van der Waals surface area contributed by atoms with Gasteiger partial charge in [-0.3, -0.25) is 8.42 Å². The average Bonchev–Trinajstić information content (AvgIpc) is 2.84. The molecular formula is C28H58Na2O8S2. The number of hydrogen-bond acceptors (Lipinski definition) is 8. The van der Waals surface area contributed by atoms with E-state index in [1.165, 1.54) is 122 Å². The summed E-state index contributed by atoms with van der Waals surface area (Å²) >= 11 is 0. The summed E-state index contributed by atoms with van der Waals surface area (Å²) in [4.78, 5) is 0. The monoisotopic (exact) mass is 632 g/mol. The van der Waals surface area contributed by atoms with Crippen LogP contribution < -0.4 is 59.1 Å². The molecule has 0 saturated heterocycles. The molecule has 0 N–H and O–H groups in total. The Morgan fingerprint density at radius 2 is 0.575 bits per heavy atom. The summed E-state index contributed by atoms with van der Waals surface area (Å²) in [7, 11) is -8.98. The Kier molecular flexibility index (Phi) is 44.9. The van der Waals surface area contributed by atoms with Crippen molar-refractivity contribution in [2.45, 2.75) is 168 Å². The van der Waals surface area contributed by atoms with Crippen LogP contribution >= 0.6 is 0 Å². The maximum atomic E-state index is 11.8. The second kappa shape index (κ2) is 36.9. The Labute approximate surface area is 292 Å². The fourth-order valence-electron chi connectivity index (χ4n) is 4.24. The molecule has 0 amide bonds. The smallest absolute Gasteiger partial charge is 0.759 e. The zero-order valence-corrected chi connectivity index (χ0v) is 32.1. The summed E-state index contributed by atoms with van der Waals surface area (Å²) in [6.07, 6.45) is 30.2. The van der Waals surface area contributed by atoms with Crippen molar-refractivity contribution in [1.82, 2.24) is 0 Å². The SMILES string of the molecule is CCCCCCCCCCCCCCCCOS(=O)(=O)OCCCCCCCCCCCC.O=S(=O)([O-])[O-].[Na+].[Na+]. The summed E-state index contributed by atoms with van der Waals surface area (Å²) < 4.78 is 67.6. The first-order valence-corrected chi connectivity index (χ1v) is 18.0. The summed E-state index contributed by atoms with van der Waals surface area (Å²) in [5, 5.41) is 0. The molecule has 0 radical (unpaired) electrons. The summed E-state index contributed by atoms with van der Waals surface area (Å²) in [5.41, 5.74) is 0. The van der Waals surface area contributed by atoms with Gasteiger partial charge in [0.05, 0.1) is 13.2 Å². The van der Waals surface area contributed by atoms with Gasteiger partial charge in [-0.25, -0.2) is 8.37 Å². The largest absolute Gasteiger partial charge is 1.00 e. The van der Waals surface area contributed by atoms with Crippen LogP contribution in [0.3, 0.4) is 0 Å². The van der Waals surface area contributed by atoms with E-state index in [1.807, 2.05) is 0 Å². The Morgan fingerprint density at radius 1 is 0.400 bits per heavy atom. The van der Waals surface area contributed by atoms with Crippen LogP contribution in [0.15, 0.2) is 0 Å². The third-order valence-electron chi connectivity index (χ3n) is 6.45. The van der Waals surface area contributed by atoms with Gasteiger partial charge < -0.3 is 9.11 Å². The van der Waals surface area contributed by atoms with Crippen LogP contribution in [0.2, 0.25) is 0 Å². The molecule has 0 spiro atoms. The molecule has 232 valence electrons. The summed E-state index contributed by atoms with van der Waals surface area (Å²) in [6.45, 7) is 5.01. The second-order valence-electron chi connectivity index (χ2n) is 10.2. The van der Waals surface area contributed by atoms with E-state index in [9.17, 15) is 8.42 Å².